The number of nitriles is 1. The summed E-state index contributed by atoms with van der Waals surface area (Å²) in [6.07, 6.45) is 1.31. The first-order valence-corrected chi connectivity index (χ1v) is 5.85. The Morgan fingerprint density at radius 1 is 1.47 bits per heavy atom. The zero-order valence-corrected chi connectivity index (χ0v) is 10.2. The SMILES string of the molecule is CCOCCCNc1ccc(N)c(CC#N)c1. The van der Waals surface area contributed by atoms with E-state index >= 15 is 0 Å². The maximum absolute atomic E-state index is 8.67. The minimum Gasteiger partial charge on any atom is -0.398 e. The van der Waals surface area contributed by atoms with Crippen molar-refractivity contribution >= 4 is 11.4 Å². The van der Waals surface area contributed by atoms with Crippen LogP contribution in [0.4, 0.5) is 11.4 Å². The fourth-order valence-corrected chi connectivity index (χ4v) is 1.51. The molecule has 1 aromatic carbocycles. The Morgan fingerprint density at radius 3 is 3.00 bits per heavy atom. The van der Waals surface area contributed by atoms with E-state index in [4.69, 9.17) is 15.7 Å². The Balaban J connectivity index is 2.43. The number of anilines is 2. The van der Waals surface area contributed by atoms with Gasteiger partial charge in [-0.05, 0) is 37.1 Å². The van der Waals surface area contributed by atoms with Gasteiger partial charge in [-0.2, -0.15) is 5.26 Å². The summed E-state index contributed by atoms with van der Waals surface area (Å²) in [4.78, 5) is 0. The Labute approximate surface area is 102 Å². The van der Waals surface area contributed by atoms with E-state index in [2.05, 4.69) is 11.4 Å². The van der Waals surface area contributed by atoms with Crippen LogP contribution in [0.5, 0.6) is 0 Å². The van der Waals surface area contributed by atoms with Crippen LogP contribution in [0.3, 0.4) is 0 Å². The van der Waals surface area contributed by atoms with Crippen LogP contribution in [0.2, 0.25) is 0 Å². The molecule has 0 fully saturated rings. The second-order valence-corrected chi connectivity index (χ2v) is 3.73. The Hall–Kier alpha value is -1.73. The summed E-state index contributed by atoms with van der Waals surface area (Å²) in [5.41, 5.74) is 8.32. The van der Waals surface area contributed by atoms with Crippen LogP contribution in [0.25, 0.3) is 0 Å². The van der Waals surface area contributed by atoms with Crippen LogP contribution in [0.15, 0.2) is 18.2 Å². The predicted octanol–water partition coefficient (Wildman–Crippen LogP) is 2.17. The first-order chi connectivity index (χ1) is 8.27. The van der Waals surface area contributed by atoms with E-state index in [1.165, 1.54) is 0 Å². The standard InChI is InChI=1S/C13H19N3O/c1-2-17-9-3-8-16-12-4-5-13(15)11(10-12)6-7-14/h4-5,10,16H,2-3,6,8-9,15H2,1H3. The lowest BCUT2D eigenvalue weighted by Gasteiger charge is -2.09. The van der Waals surface area contributed by atoms with Crippen LogP contribution in [-0.2, 0) is 11.2 Å². The van der Waals surface area contributed by atoms with Gasteiger partial charge in [-0.25, -0.2) is 0 Å². The lowest BCUT2D eigenvalue weighted by atomic mass is 10.1. The summed E-state index contributed by atoms with van der Waals surface area (Å²) < 4.78 is 5.25. The third-order valence-electron chi connectivity index (χ3n) is 2.41. The monoisotopic (exact) mass is 233 g/mol. The highest BCUT2D eigenvalue weighted by Gasteiger charge is 2.00. The molecule has 0 atom stereocenters. The van der Waals surface area contributed by atoms with E-state index in [0.29, 0.717) is 12.1 Å². The van der Waals surface area contributed by atoms with Crippen molar-refractivity contribution in [2.24, 2.45) is 0 Å². The molecule has 0 unspecified atom stereocenters. The Bertz CT molecular complexity index is 385. The molecular formula is C13H19N3O. The van der Waals surface area contributed by atoms with Gasteiger partial charge in [0.25, 0.3) is 0 Å². The Kier molecular flexibility index (Phi) is 5.91. The number of ether oxygens (including phenoxy) is 1. The van der Waals surface area contributed by atoms with Gasteiger partial charge < -0.3 is 15.8 Å². The molecule has 0 heterocycles. The first kappa shape index (κ1) is 13.3. The van der Waals surface area contributed by atoms with Gasteiger partial charge in [0.05, 0.1) is 12.5 Å². The van der Waals surface area contributed by atoms with Crippen LogP contribution in [-0.4, -0.2) is 19.8 Å². The van der Waals surface area contributed by atoms with Crippen molar-refractivity contribution in [2.75, 3.05) is 30.8 Å². The topological polar surface area (TPSA) is 71.1 Å². The molecule has 0 aliphatic heterocycles. The van der Waals surface area contributed by atoms with Gasteiger partial charge in [-0.1, -0.05) is 0 Å². The third-order valence-corrected chi connectivity index (χ3v) is 2.41. The number of nitrogens with one attached hydrogen (secondary N) is 1. The average molecular weight is 233 g/mol. The van der Waals surface area contributed by atoms with E-state index in [1.54, 1.807) is 0 Å². The van der Waals surface area contributed by atoms with Gasteiger partial charge in [-0.15, -0.1) is 0 Å². The van der Waals surface area contributed by atoms with Crippen molar-refractivity contribution in [2.45, 2.75) is 19.8 Å². The van der Waals surface area contributed by atoms with Gasteiger partial charge in [0, 0.05) is 31.1 Å². The minimum atomic E-state index is 0.348. The van der Waals surface area contributed by atoms with Crippen molar-refractivity contribution in [1.82, 2.24) is 0 Å². The molecule has 0 amide bonds. The maximum Gasteiger partial charge on any atom is 0.0670 e. The van der Waals surface area contributed by atoms with Crippen molar-refractivity contribution in [3.05, 3.63) is 23.8 Å². The molecule has 4 nitrogen and oxygen atoms in total. The molecule has 17 heavy (non-hydrogen) atoms. The number of hydrogen-bond donors (Lipinski definition) is 2. The molecule has 0 bridgehead atoms. The second kappa shape index (κ2) is 7.53. The summed E-state index contributed by atoms with van der Waals surface area (Å²) >= 11 is 0. The predicted molar refractivity (Wildman–Crippen MR) is 69.8 cm³/mol. The van der Waals surface area contributed by atoms with Gasteiger partial charge in [0.1, 0.15) is 0 Å². The number of hydrogen-bond acceptors (Lipinski definition) is 4. The molecule has 0 saturated heterocycles. The summed E-state index contributed by atoms with van der Waals surface area (Å²) in [6, 6.07) is 7.80. The first-order valence-electron chi connectivity index (χ1n) is 5.85. The van der Waals surface area contributed by atoms with Gasteiger partial charge in [0.2, 0.25) is 0 Å². The molecule has 0 aromatic heterocycles. The van der Waals surface area contributed by atoms with Crippen LogP contribution >= 0.6 is 0 Å². The molecule has 0 aliphatic carbocycles. The zero-order valence-electron chi connectivity index (χ0n) is 10.2. The molecule has 4 heteroatoms. The number of nitrogen functional groups attached to an aromatic ring is 1. The average Bonchev–Trinajstić information content (AvgIpc) is 2.33. The highest BCUT2D eigenvalue weighted by atomic mass is 16.5. The van der Waals surface area contributed by atoms with E-state index in [-0.39, 0.29) is 0 Å². The molecule has 1 aromatic rings. The van der Waals surface area contributed by atoms with Crippen LogP contribution in [0, 0.1) is 11.3 Å². The van der Waals surface area contributed by atoms with Crippen LogP contribution < -0.4 is 11.1 Å². The largest absolute Gasteiger partial charge is 0.398 e. The number of benzene rings is 1. The van der Waals surface area contributed by atoms with Crippen molar-refractivity contribution in [3.8, 4) is 6.07 Å². The van der Waals surface area contributed by atoms with Crippen molar-refractivity contribution in [1.29, 1.82) is 5.26 Å². The fourth-order valence-electron chi connectivity index (χ4n) is 1.51. The highest BCUT2D eigenvalue weighted by Crippen LogP contribution is 2.18. The third kappa shape index (κ3) is 4.75. The summed E-state index contributed by atoms with van der Waals surface area (Å²) in [6.45, 7) is 4.37. The minimum absolute atomic E-state index is 0.348. The van der Waals surface area contributed by atoms with Crippen LogP contribution in [0.1, 0.15) is 18.9 Å². The molecule has 3 N–H and O–H groups in total. The zero-order chi connectivity index (χ0) is 12.5. The maximum atomic E-state index is 8.67. The van der Waals surface area contributed by atoms with E-state index in [0.717, 1.165) is 37.4 Å². The molecule has 0 saturated carbocycles. The molecule has 0 aliphatic rings. The van der Waals surface area contributed by atoms with E-state index in [1.807, 2.05) is 25.1 Å². The van der Waals surface area contributed by atoms with Crippen molar-refractivity contribution in [3.63, 3.8) is 0 Å². The molecule has 0 spiro atoms. The molecular weight excluding hydrogens is 214 g/mol. The highest BCUT2D eigenvalue weighted by molar-refractivity contribution is 5.57. The summed E-state index contributed by atoms with van der Waals surface area (Å²) in [7, 11) is 0. The number of rotatable bonds is 7. The summed E-state index contributed by atoms with van der Waals surface area (Å²) in [5.74, 6) is 0. The smallest absolute Gasteiger partial charge is 0.0670 e. The number of nitrogens with two attached hydrogens (primary N) is 1. The van der Waals surface area contributed by atoms with Gasteiger partial charge >= 0.3 is 0 Å². The lowest BCUT2D eigenvalue weighted by Crippen LogP contribution is -2.06. The quantitative estimate of drug-likeness (QED) is 0.559. The number of nitrogens with zero attached hydrogens (tertiary/aromatic N) is 1. The molecule has 0 radical (unpaired) electrons. The van der Waals surface area contributed by atoms with Gasteiger partial charge in [-0.3, -0.25) is 0 Å². The normalized spacial score (nSPS) is 9.88. The Morgan fingerprint density at radius 2 is 2.29 bits per heavy atom. The molecule has 92 valence electrons. The lowest BCUT2D eigenvalue weighted by molar-refractivity contribution is 0.147. The molecule has 1 rings (SSSR count). The van der Waals surface area contributed by atoms with E-state index in [9.17, 15) is 0 Å². The van der Waals surface area contributed by atoms with E-state index < -0.39 is 0 Å². The fraction of sp³-hybridized carbons (Fsp3) is 0.462. The van der Waals surface area contributed by atoms with Crippen molar-refractivity contribution < 1.29 is 4.74 Å². The second-order valence-electron chi connectivity index (χ2n) is 3.73. The summed E-state index contributed by atoms with van der Waals surface area (Å²) in [5, 5.41) is 12.0. The van der Waals surface area contributed by atoms with Gasteiger partial charge in [0.15, 0.2) is 0 Å².